The average Bonchev–Trinajstić information content (AvgIpc) is 2.63. The highest BCUT2D eigenvalue weighted by Crippen LogP contribution is 2.28. The molecule has 5 heteroatoms. The van der Waals surface area contributed by atoms with Crippen LogP contribution in [0.1, 0.15) is 11.3 Å². The Morgan fingerprint density at radius 1 is 1.09 bits per heavy atom. The predicted octanol–water partition coefficient (Wildman–Crippen LogP) is 2.82. The third-order valence-corrected chi connectivity index (χ3v) is 5.44. The third kappa shape index (κ3) is 3.44. The van der Waals surface area contributed by atoms with E-state index in [0.717, 1.165) is 49.8 Å². The van der Waals surface area contributed by atoms with Gasteiger partial charge < -0.3 is 9.64 Å². The molecule has 1 aromatic heterocycles. The molecule has 1 aromatic carbocycles. The molecule has 2 aliphatic rings. The van der Waals surface area contributed by atoms with E-state index in [4.69, 9.17) is 4.74 Å². The number of fused-ring (bicyclic) bond motifs is 1. The number of rotatable bonds is 3. The molecule has 0 amide bonds. The molecule has 0 N–H and O–H groups in total. The van der Waals surface area contributed by atoms with Gasteiger partial charge in [-0.3, -0.25) is 0 Å². The zero-order valence-corrected chi connectivity index (χ0v) is 14.0. The van der Waals surface area contributed by atoms with Crippen molar-refractivity contribution in [2.75, 3.05) is 36.1 Å². The fourth-order valence-corrected chi connectivity index (χ4v) is 4.14. The zero-order chi connectivity index (χ0) is 15.5. The van der Waals surface area contributed by atoms with Crippen molar-refractivity contribution < 1.29 is 4.74 Å². The van der Waals surface area contributed by atoms with E-state index in [1.54, 1.807) is 0 Å². The average molecular weight is 327 g/mol. The summed E-state index contributed by atoms with van der Waals surface area (Å²) in [5.41, 5.74) is 2.37. The van der Waals surface area contributed by atoms with Crippen LogP contribution in [0.15, 0.2) is 36.4 Å². The second kappa shape index (κ2) is 6.79. The lowest BCUT2D eigenvalue weighted by molar-refractivity contribution is 0.220. The number of ether oxygens (including phenoxy) is 1. The van der Waals surface area contributed by atoms with Gasteiger partial charge in [0.2, 0.25) is 0 Å². The fourth-order valence-electron chi connectivity index (χ4n) is 3.24. The summed E-state index contributed by atoms with van der Waals surface area (Å²) in [7, 11) is 0. The Hall–Kier alpha value is -1.75. The minimum absolute atomic E-state index is 0.483. The van der Waals surface area contributed by atoms with Crippen LogP contribution < -0.4 is 9.64 Å². The summed E-state index contributed by atoms with van der Waals surface area (Å²) in [6, 6.07) is 12.6. The summed E-state index contributed by atoms with van der Waals surface area (Å²) < 4.78 is 5.87. The molecule has 1 unspecified atom stereocenters. The standard InChI is InChI=1S/C18H21N3OS/c1-2-4-17-15(3-1)11-14(13-22-17)12-16-5-6-18(20-19-16)21-7-9-23-10-8-21/h1-6,14H,7-13H2. The van der Waals surface area contributed by atoms with Gasteiger partial charge in [0.15, 0.2) is 5.82 Å². The number of nitrogens with zero attached hydrogens (tertiary/aromatic N) is 3. The van der Waals surface area contributed by atoms with Crippen LogP contribution in [0.2, 0.25) is 0 Å². The summed E-state index contributed by atoms with van der Waals surface area (Å²) in [5.74, 6) is 4.90. The van der Waals surface area contributed by atoms with Gasteiger partial charge in [0, 0.05) is 30.5 Å². The molecule has 23 heavy (non-hydrogen) atoms. The second-order valence-corrected chi connectivity index (χ2v) is 7.40. The van der Waals surface area contributed by atoms with E-state index in [9.17, 15) is 0 Å². The molecule has 2 aliphatic heterocycles. The highest BCUT2D eigenvalue weighted by molar-refractivity contribution is 7.99. The van der Waals surface area contributed by atoms with Gasteiger partial charge in [0.25, 0.3) is 0 Å². The summed E-state index contributed by atoms with van der Waals surface area (Å²) in [5, 5.41) is 8.89. The first-order chi connectivity index (χ1) is 11.4. The van der Waals surface area contributed by atoms with E-state index in [2.05, 4.69) is 45.4 Å². The number of thioether (sulfide) groups is 1. The Bertz CT molecular complexity index is 656. The first kappa shape index (κ1) is 14.8. The first-order valence-corrected chi connectivity index (χ1v) is 9.40. The number of hydrogen-bond donors (Lipinski definition) is 0. The molecule has 1 fully saturated rings. The molecule has 120 valence electrons. The maximum absolute atomic E-state index is 5.87. The molecule has 1 saturated heterocycles. The van der Waals surface area contributed by atoms with Gasteiger partial charge >= 0.3 is 0 Å². The topological polar surface area (TPSA) is 38.2 Å². The lowest BCUT2D eigenvalue weighted by atomic mass is 9.93. The van der Waals surface area contributed by atoms with Crippen molar-refractivity contribution in [2.45, 2.75) is 12.8 Å². The number of aromatic nitrogens is 2. The monoisotopic (exact) mass is 327 g/mol. The Morgan fingerprint density at radius 3 is 2.78 bits per heavy atom. The number of benzene rings is 1. The van der Waals surface area contributed by atoms with Gasteiger partial charge in [-0.2, -0.15) is 16.9 Å². The highest BCUT2D eigenvalue weighted by atomic mass is 32.2. The minimum atomic E-state index is 0.483. The van der Waals surface area contributed by atoms with Crippen molar-refractivity contribution in [2.24, 2.45) is 5.92 Å². The van der Waals surface area contributed by atoms with Gasteiger partial charge in [0.05, 0.1) is 12.3 Å². The molecule has 0 bridgehead atoms. The quantitative estimate of drug-likeness (QED) is 0.867. The Balaban J connectivity index is 1.40. The van der Waals surface area contributed by atoms with Gasteiger partial charge in [-0.25, -0.2) is 0 Å². The van der Waals surface area contributed by atoms with Crippen molar-refractivity contribution in [3.8, 4) is 5.75 Å². The van der Waals surface area contributed by atoms with Crippen molar-refractivity contribution in [3.63, 3.8) is 0 Å². The zero-order valence-electron chi connectivity index (χ0n) is 13.1. The molecule has 0 spiro atoms. The predicted molar refractivity (Wildman–Crippen MR) is 94.4 cm³/mol. The molecule has 4 rings (SSSR count). The maximum atomic E-state index is 5.87. The number of anilines is 1. The molecule has 0 saturated carbocycles. The highest BCUT2D eigenvalue weighted by Gasteiger charge is 2.20. The molecule has 0 radical (unpaired) electrons. The fraction of sp³-hybridized carbons (Fsp3) is 0.444. The van der Waals surface area contributed by atoms with Crippen LogP contribution in [0.4, 0.5) is 5.82 Å². The largest absolute Gasteiger partial charge is 0.493 e. The van der Waals surface area contributed by atoms with Gasteiger partial charge in [0.1, 0.15) is 5.75 Å². The van der Waals surface area contributed by atoms with E-state index in [1.165, 1.54) is 17.1 Å². The van der Waals surface area contributed by atoms with Crippen LogP contribution in [-0.4, -0.2) is 41.4 Å². The summed E-state index contributed by atoms with van der Waals surface area (Å²) in [4.78, 5) is 2.33. The van der Waals surface area contributed by atoms with Crippen molar-refractivity contribution in [3.05, 3.63) is 47.7 Å². The van der Waals surface area contributed by atoms with Gasteiger partial charge in [-0.15, -0.1) is 5.10 Å². The number of para-hydroxylation sites is 1. The summed E-state index contributed by atoms with van der Waals surface area (Å²) in [6.07, 6.45) is 1.99. The van der Waals surface area contributed by atoms with Gasteiger partial charge in [-0.05, 0) is 36.6 Å². The Kier molecular flexibility index (Phi) is 4.37. The molecule has 1 atom stereocenters. The van der Waals surface area contributed by atoms with Crippen LogP contribution in [0.3, 0.4) is 0 Å². The van der Waals surface area contributed by atoms with Crippen LogP contribution in [0, 0.1) is 5.92 Å². The lowest BCUT2D eigenvalue weighted by Crippen LogP contribution is -2.33. The van der Waals surface area contributed by atoms with Crippen LogP contribution in [0.5, 0.6) is 5.75 Å². The van der Waals surface area contributed by atoms with Crippen LogP contribution in [-0.2, 0) is 12.8 Å². The minimum Gasteiger partial charge on any atom is -0.493 e. The molecule has 3 heterocycles. The maximum Gasteiger partial charge on any atom is 0.151 e. The number of hydrogen-bond acceptors (Lipinski definition) is 5. The molecule has 0 aliphatic carbocycles. The molecule has 2 aromatic rings. The van der Waals surface area contributed by atoms with Crippen molar-refractivity contribution in [1.29, 1.82) is 0 Å². The molecular weight excluding hydrogens is 306 g/mol. The normalized spacial score (nSPS) is 20.7. The van der Waals surface area contributed by atoms with E-state index < -0.39 is 0 Å². The first-order valence-electron chi connectivity index (χ1n) is 8.24. The molecular formula is C18H21N3OS. The van der Waals surface area contributed by atoms with E-state index in [-0.39, 0.29) is 0 Å². The second-order valence-electron chi connectivity index (χ2n) is 6.18. The molecule has 4 nitrogen and oxygen atoms in total. The van der Waals surface area contributed by atoms with Crippen LogP contribution >= 0.6 is 11.8 Å². The Labute approximate surface area is 141 Å². The Morgan fingerprint density at radius 2 is 1.96 bits per heavy atom. The lowest BCUT2D eigenvalue weighted by Gasteiger charge is -2.27. The van der Waals surface area contributed by atoms with E-state index in [1.807, 2.05) is 17.8 Å². The van der Waals surface area contributed by atoms with Crippen molar-refractivity contribution >= 4 is 17.6 Å². The van der Waals surface area contributed by atoms with Crippen LogP contribution in [0.25, 0.3) is 0 Å². The summed E-state index contributed by atoms with van der Waals surface area (Å²) >= 11 is 2.01. The summed E-state index contributed by atoms with van der Waals surface area (Å²) in [6.45, 7) is 2.92. The van der Waals surface area contributed by atoms with E-state index in [0.29, 0.717) is 5.92 Å². The van der Waals surface area contributed by atoms with Gasteiger partial charge in [-0.1, -0.05) is 18.2 Å². The smallest absolute Gasteiger partial charge is 0.151 e. The van der Waals surface area contributed by atoms with E-state index >= 15 is 0 Å². The third-order valence-electron chi connectivity index (χ3n) is 4.49. The van der Waals surface area contributed by atoms with Crippen molar-refractivity contribution in [1.82, 2.24) is 10.2 Å². The SMILES string of the molecule is c1ccc2c(c1)CC(Cc1ccc(N3CCSCC3)nn1)CO2.